The molecule has 9 heteroatoms. The summed E-state index contributed by atoms with van der Waals surface area (Å²) in [5, 5.41) is 0. The third kappa shape index (κ3) is 4.63. The number of esters is 1. The zero-order chi connectivity index (χ0) is 22.9. The van der Waals surface area contributed by atoms with Crippen molar-refractivity contribution in [2.24, 2.45) is 11.8 Å². The molecule has 8 nitrogen and oxygen atoms in total. The number of piperidine rings is 1. The molecular weight excluding hydrogens is 434 g/mol. The summed E-state index contributed by atoms with van der Waals surface area (Å²) in [4.78, 5) is 24.8. The van der Waals surface area contributed by atoms with E-state index in [1.54, 1.807) is 18.2 Å². The van der Waals surface area contributed by atoms with Gasteiger partial charge >= 0.3 is 5.97 Å². The molecule has 2 aliphatic heterocycles. The van der Waals surface area contributed by atoms with Gasteiger partial charge in [0.2, 0.25) is 16.8 Å². The predicted molar refractivity (Wildman–Crippen MR) is 115 cm³/mol. The van der Waals surface area contributed by atoms with Gasteiger partial charge in [-0.15, -0.1) is 0 Å². The molecule has 170 valence electrons. The number of ether oxygens (including phenoxy) is 3. The monoisotopic (exact) mass is 459 g/mol. The van der Waals surface area contributed by atoms with Gasteiger partial charge in [-0.05, 0) is 60.7 Å². The number of carbonyl (C=O) groups excluding carboxylic acids is 2. The van der Waals surface area contributed by atoms with E-state index in [0.717, 1.165) is 6.42 Å². The van der Waals surface area contributed by atoms with Gasteiger partial charge in [-0.1, -0.05) is 13.8 Å². The van der Waals surface area contributed by atoms with Gasteiger partial charge in [0.25, 0.3) is 0 Å². The van der Waals surface area contributed by atoms with Crippen LogP contribution in [-0.4, -0.2) is 51.0 Å². The Morgan fingerprint density at radius 2 is 1.59 bits per heavy atom. The van der Waals surface area contributed by atoms with Crippen LogP contribution in [0.25, 0.3) is 0 Å². The van der Waals surface area contributed by atoms with Crippen molar-refractivity contribution in [3.8, 4) is 11.5 Å². The summed E-state index contributed by atoms with van der Waals surface area (Å²) in [6.07, 6.45) is 1.00. The van der Waals surface area contributed by atoms with E-state index in [4.69, 9.17) is 14.2 Å². The Kier molecular flexibility index (Phi) is 6.21. The van der Waals surface area contributed by atoms with Gasteiger partial charge in [-0.2, -0.15) is 4.31 Å². The van der Waals surface area contributed by atoms with E-state index in [9.17, 15) is 18.0 Å². The minimum absolute atomic E-state index is 0.101. The number of nitrogens with zero attached hydrogens (tertiary/aromatic N) is 1. The maximum atomic E-state index is 13.0. The molecule has 4 rings (SSSR count). The first-order valence-corrected chi connectivity index (χ1v) is 11.9. The Bertz CT molecular complexity index is 1120. The molecule has 2 heterocycles. The highest BCUT2D eigenvalue weighted by molar-refractivity contribution is 7.89. The SMILES string of the molecule is CC1CC(C)CN(S(=O)(=O)c2ccc(C(=O)OCC(=O)c3ccc4c(c3)OCO4)cc2)C1. The molecule has 0 amide bonds. The lowest BCUT2D eigenvalue weighted by atomic mass is 9.94. The standard InChI is InChI=1S/C23H25NO7S/c1-15-9-16(2)12-24(11-15)32(27,28)19-6-3-17(4-7-19)23(26)29-13-20(25)18-5-8-21-22(10-18)31-14-30-21/h3-8,10,15-16H,9,11-14H2,1-2H3. The topological polar surface area (TPSA) is 99.2 Å². The second-order valence-corrected chi connectivity index (χ2v) is 10.3. The smallest absolute Gasteiger partial charge is 0.338 e. The molecule has 0 spiro atoms. The van der Waals surface area contributed by atoms with Crippen LogP contribution in [-0.2, 0) is 14.8 Å². The van der Waals surface area contributed by atoms with E-state index in [-0.39, 0.29) is 23.0 Å². The summed E-state index contributed by atoms with van der Waals surface area (Å²) in [5.41, 5.74) is 0.510. The van der Waals surface area contributed by atoms with Crippen LogP contribution in [0.15, 0.2) is 47.4 Å². The molecule has 0 aliphatic carbocycles. The van der Waals surface area contributed by atoms with Crippen LogP contribution < -0.4 is 9.47 Å². The largest absolute Gasteiger partial charge is 0.454 e. The van der Waals surface area contributed by atoms with Crippen molar-refractivity contribution in [2.45, 2.75) is 25.2 Å². The molecular formula is C23H25NO7S. The molecule has 2 atom stereocenters. The van der Waals surface area contributed by atoms with Gasteiger partial charge in [-0.25, -0.2) is 13.2 Å². The minimum atomic E-state index is -3.63. The molecule has 2 aromatic rings. The van der Waals surface area contributed by atoms with Crippen LogP contribution in [0.1, 0.15) is 41.0 Å². The van der Waals surface area contributed by atoms with E-state index >= 15 is 0 Å². The summed E-state index contributed by atoms with van der Waals surface area (Å²) < 4.78 is 43.0. The van der Waals surface area contributed by atoms with Gasteiger partial charge in [0, 0.05) is 18.7 Å². The molecule has 0 saturated carbocycles. The summed E-state index contributed by atoms with van der Waals surface area (Å²) >= 11 is 0. The summed E-state index contributed by atoms with van der Waals surface area (Å²) in [6, 6.07) is 10.3. The normalized spacial score (nSPS) is 20.7. The number of rotatable bonds is 6. The number of fused-ring (bicyclic) bond motifs is 1. The molecule has 2 unspecified atom stereocenters. The van der Waals surface area contributed by atoms with Crippen molar-refractivity contribution in [1.82, 2.24) is 4.31 Å². The highest BCUT2D eigenvalue weighted by atomic mass is 32.2. The third-order valence-electron chi connectivity index (χ3n) is 5.59. The second kappa shape index (κ2) is 8.91. The van der Waals surface area contributed by atoms with E-state index in [1.165, 1.54) is 28.6 Å². The van der Waals surface area contributed by atoms with Gasteiger partial charge in [0.05, 0.1) is 10.5 Å². The Labute approximate surface area is 187 Å². The maximum absolute atomic E-state index is 13.0. The number of Topliss-reactive ketones (excluding diaryl/α,β-unsaturated/α-hetero) is 1. The molecule has 0 N–H and O–H groups in total. The van der Waals surface area contributed by atoms with E-state index < -0.39 is 22.6 Å². The molecule has 32 heavy (non-hydrogen) atoms. The molecule has 0 aromatic heterocycles. The molecule has 1 saturated heterocycles. The lowest BCUT2D eigenvalue weighted by Crippen LogP contribution is -2.42. The Morgan fingerprint density at radius 1 is 0.969 bits per heavy atom. The van der Waals surface area contributed by atoms with Crippen molar-refractivity contribution in [1.29, 1.82) is 0 Å². The number of hydrogen-bond donors (Lipinski definition) is 0. The number of sulfonamides is 1. The van der Waals surface area contributed by atoms with Crippen molar-refractivity contribution in [3.63, 3.8) is 0 Å². The average Bonchev–Trinajstić information content (AvgIpc) is 3.24. The Balaban J connectivity index is 1.38. The van der Waals surface area contributed by atoms with Crippen LogP contribution in [0.5, 0.6) is 11.5 Å². The van der Waals surface area contributed by atoms with Crippen molar-refractivity contribution in [3.05, 3.63) is 53.6 Å². The fourth-order valence-electron chi connectivity index (χ4n) is 4.08. The minimum Gasteiger partial charge on any atom is -0.454 e. The predicted octanol–water partition coefficient (Wildman–Crippen LogP) is 3.12. The van der Waals surface area contributed by atoms with Crippen LogP contribution in [0.3, 0.4) is 0 Å². The number of benzene rings is 2. The molecule has 1 fully saturated rings. The fraction of sp³-hybridized carbons (Fsp3) is 0.391. The summed E-state index contributed by atoms with van der Waals surface area (Å²) in [5.74, 6) is 0.529. The van der Waals surface area contributed by atoms with Crippen LogP contribution in [0, 0.1) is 11.8 Å². The highest BCUT2D eigenvalue weighted by Crippen LogP contribution is 2.32. The number of hydrogen-bond acceptors (Lipinski definition) is 7. The number of ketones is 1. The fourth-order valence-corrected chi connectivity index (χ4v) is 5.76. The average molecular weight is 460 g/mol. The lowest BCUT2D eigenvalue weighted by Gasteiger charge is -2.34. The van der Waals surface area contributed by atoms with Crippen LogP contribution in [0.2, 0.25) is 0 Å². The van der Waals surface area contributed by atoms with Crippen molar-refractivity contribution < 1.29 is 32.2 Å². The van der Waals surface area contributed by atoms with Crippen molar-refractivity contribution in [2.75, 3.05) is 26.5 Å². The first-order chi connectivity index (χ1) is 15.2. The van der Waals surface area contributed by atoms with Crippen LogP contribution >= 0.6 is 0 Å². The highest BCUT2D eigenvalue weighted by Gasteiger charge is 2.31. The Morgan fingerprint density at radius 3 is 2.28 bits per heavy atom. The first-order valence-electron chi connectivity index (χ1n) is 10.4. The van der Waals surface area contributed by atoms with E-state index in [0.29, 0.717) is 42.0 Å². The number of carbonyl (C=O) groups is 2. The van der Waals surface area contributed by atoms with E-state index in [2.05, 4.69) is 0 Å². The third-order valence-corrected chi connectivity index (χ3v) is 7.44. The van der Waals surface area contributed by atoms with Gasteiger partial charge in [-0.3, -0.25) is 4.79 Å². The summed E-state index contributed by atoms with van der Waals surface area (Å²) in [7, 11) is -3.63. The first kappa shape index (κ1) is 22.3. The zero-order valence-electron chi connectivity index (χ0n) is 17.9. The van der Waals surface area contributed by atoms with Crippen LogP contribution in [0.4, 0.5) is 0 Å². The molecule has 2 aliphatic rings. The van der Waals surface area contributed by atoms with Gasteiger partial charge in [0.15, 0.2) is 23.9 Å². The second-order valence-electron chi connectivity index (χ2n) is 8.36. The molecule has 0 radical (unpaired) electrons. The summed E-state index contributed by atoms with van der Waals surface area (Å²) in [6.45, 7) is 4.72. The quantitative estimate of drug-likeness (QED) is 0.483. The lowest BCUT2D eigenvalue weighted by molar-refractivity contribution is 0.0474. The Hall–Kier alpha value is -2.91. The molecule has 2 aromatic carbocycles. The maximum Gasteiger partial charge on any atom is 0.338 e. The van der Waals surface area contributed by atoms with Gasteiger partial charge in [0.1, 0.15) is 0 Å². The van der Waals surface area contributed by atoms with E-state index in [1.807, 2.05) is 13.8 Å². The molecule has 0 bridgehead atoms. The van der Waals surface area contributed by atoms with Gasteiger partial charge < -0.3 is 14.2 Å². The van der Waals surface area contributed by atoms with Crippen molar-refractivity contribution >= 4 is 21.8 Å². The zero-order valence-corrected chi connectivity index (χ0v) is 18.8.